The summed E-state index contributed by atoms with van der Waals surface area (Å²) in [5.41, 5.74) is 9.72. The summed E-state index contributed by atoms with van der Waals surface area (Å²) in [7, 11) is 0. The van der Waals surface area contributed by atoms with E-state index in [0.29, 0.717) is 19.6 Å². The number of hydrogen-bond donors (Lipinski definition) is 2. The van der Waals surface area contributed by atoms with Crippen molar-refractivity contribution in [2.75, 3.05) is 50.9 Å². The lowest BCUT2D eigenvalue weighted by atomic mass is 10.3. The third-order valence-corrected chi connectivity index (χ3v) is 5.09. The predicted octanol–water partition coefficient (Wildman–Crippen LogP) is 1.66. The second kappa shape index (κ2) is 13.9. The van der Waals surface area contributed by atoms with Crippen molar-refractivity contribution in [3.63, 3.8) is 0 Å². The molecule has 1 fully saturated rings. The van der Waals surface area contributed by atoms with E-state index >= 15 is 0 Å². The topological polar surface area (TPSA) is 70.8 Å². The Bertz CT molecular complexity index is 328. The van der Waals surface area contributed by atoms with Gasteiger partial charge in [0.2, 0.25) is 5.91 Å². The molecule has 1 atom stereocenters. The van der Waals surface area contributed by atoms with Crippen LogP contribution >= 0.6 is 11.8 Å². The van der Waals surface area contributed by atoms with E-state index in [2.05, 4.69) is 24.3 Å². The molecule has 1 aliphatic heterocycles. The van der Waals surface area contributed by atoms with Gasteiger partial charge in [-0.25, -0.2) is 5.01 Å². The number of unbranched alkanes of at least 4 members (excludes halogenated alkanes) is 1. The molecule has 1 heterocycles. The van der Waals surface area contributed by atoms with Crippen LogP contribution in [-0.2, 0) is 9.53 Å². The first kappa shape index (κ1) is 21.7. The molecule has 0 aromatic rings. The molecule has 0 saturated carbocycles. The summed E-state index contributed by atoms with van der Waals surface area (Å²) in [6, 6.07) is 0. The molecule has 0 aromatic heterocycles. The Labute approximate surface area is 151 Å². The van der Waals surface area contributed by atoms with Crippen molar-refractivity contribution in [1.82, 2.24) is 15.3 Å². The van der Waals surface area contributed by atoms with E-state index in [1.54, 1.807) is 0 Å². The van der Waals surface area contributed by atoms with Gasteiger partial charge in [-0.3, -0.25) is 10.2 Å². The Morgan fingerprint density at radius 1 is 1.29 bits per heavy atom. The van der Waals surface area contributed by atoms with Gasteiger partial charge < -0.3 is 15.4 Å². The van der Waals surface area contributed by atoms with E-state index in [1.807, 2.05) is 16.7 Å². The summed E-state index contributed by atoms with van der Waals surface area (Å²) < 4.78 is 5.28. The maximum atomic E-state index is 12.1. The highest BCUT2D eigenvalue weighted by molar-refractivity contribution is 7.99. The molecule has 0 spiro atoms. The molecule has 1 unspecified atom stereocenters. The summed E-state index contributed by atoms with van der Waals surface area (Å²) in [6.45, 7) is 9.08. The minimum atomic E-state index is 0.0717. The molecule has 3 N–H and O–H groups in total. The van der Waals surface area contributed by atoms with Crippen LogP contribution in [0.1, 0.15) is 46.0 Å². The summed E-state index contributed by atoms with van der Waals surface area (Å²) >= 11 is 1.83. The van der Waals surface area contributed by atoms with Crippen molar-refractivity contribution < 1.29 is 9.53 Å². The van der Waals surface area contributed by atoms with Gasteiger partial charge in [0, 0.05) is 44.1 Å². The number of thioether (sulfide) groups is 1. The smallest absolute Gasteiger partial charge is 0.223 e. The molecule has 7 heteroatoms. The van der Waals surface area contributed by atoms with Crippen LogP contribution in [0.3, 0.4) is 0 Å². The van der Waals surface area contributed by atoms with Crippen LogP contribution in [0.25, 0.3) is 0 Å². The molecule has 1 aliphatic rings. The molecule has 24 heavy (non-hydrogen) atoms. The number of nitrogens with two attached hydrogens (primary N) is 1. The Morgan fingerprint density at radius 3 is 2.71 bits per heavy atom. The maximum absolute atomic E-state index is 12.1. The molecule has 1 rings (SSSR count). The lowest BCUT2D eigenvalue weighted by Crippen LogP contribution is -2.51. The minimum absolute atomic E-state index is 0.0717. The lowest BCUT2D eigenvalue weighted by Gasteiger charge is -2.29. The van der Waals surface area contributed by atoms with Gasteiger partial charge >= 0.3 is 0 Å². The summed E-state index contributed by atoms with van der Waals surface area (Å²) in [4.78, 5) is 14.0. The van der Waals surface area contributed by atoms with Crippen LogP contribution in [0.15, 0.2) is 0 Å². The van der Waals surface area contributed by atoms with Gasteiger partial charge in [0.1, 0.15) is 0 Å². The van der Waals surface area contributed by atoms with E-state index in [-0.39, 0.29) is 12.1 Å². The van der Waals surface area contributed by atoms with Crippen molar-refractivity contribution in [2.45, 2.75) is 52.1 Å². The second-order valence-corrected chi connectivity index (χ2v) is 7.39. The Balaban J connectivity index is 2.17. The number of morpholine rings is 1. The lowest BCUT2D eigenvalue weighted by molar-refractivity contribution is -0.134. The quantitative estimate of drug-likeness (QED) is 0.296. The third-order valence-electron chi connectivity index (χ3n) is 4.13. The molecule has 0 aliphatic carbocycles. The molecule has 0 aromatic carbocycles. The van der Waals surface area contributed by atoms with E-state index in [4.69, 9.17) is 10.5 Å². The van der Waals surface area contributed by atoms with Gasteiger partial charge in [0.25, 0.3) is 0 Å². The zero-order valence-corrected chi connectivity index (χ0v) is 16.3. The summed E-state index contributed by atoms with van der Waals surface area (Å²) in [5.74, 6) is 2.13. The Morgan fingerprint density at radius 2 is 2.04 bits per heavy atom. The average molecular weight is 361 g/mol. The van der Waals surface area contributed by atoms with Gasteiger partial charge in [-0.2, -0.15) is 11.8 Å². The predicted molar refractivity (Wildman–Crippen MR) is 102 cm³/mol. The fourth-order valence-corrected chi connectivity index (χ4v) is 3.46. The number of nitrogens with one attached hydrogen (secondary N) is 1. The number of nitrogens with zero attached hydrogens (tertiary/aromatic N) is 2. The van der Waals surface area contributed by atoms with E-state index < -0.39 is 0 Å². The van der Waals surface area contributed by atoms with Crippen molar-refractivity contribution in [3.8, 4) is 0 Å². The largest absolute Gasteiger partial charge is 0.378 e. The first-order valence-electron chi connectivity index (χ1n) is 9.38. The van der Waals surface area contributed by atoms with Crippen LogP contribution in [0.4, 0.5) is 0 Å². The fourth-order valence-electron chi connectivity index (χ4n) is 2.61. The molecular formula is C17H36N4O2S. The van der Waals surface area contributed by atoms with Crippen LogP contribution in [0, 0.1) is 0 Å². The highest BCUT2D eigenvalue weighted by atomic mass is 32.2. The van der Waals surface area contributed by atoms with Gasteiger partial charge in [0.15, 0.2) is 0 Å². The normalized spacial score (nSPS) is 16.6. The average Bonchev–Trinajstić information content (AvgIpc) is 2.60. The zero-order valence-electron chi connectivity index (χ0n) is 15.5. The minimum Gasteiger partial charge on any atom is -0.378 e. The van der Waals surface area contributed by atoms with Gasteiger partial charge in [-0.15, -0.1) is 0 Å². The molecule has 6 nitrogen and oxygen atoms in total. The molecular weight excluding hydrogens is 324 g/mol. The van der Waals surface area contributed by atoms with Gasteiger partial charge in [-0.1, -0.05) is 26.7 Å². The second-order valence-electron chi connectivity index (χ2n) is 6.17. The van der Waals surface area contributed by atoms with Crippen LogP contribution < -0.4 is 11.2 Å². The van der Waals surface area contributed by atoms with Crippen LogP contribution in [-0.4, -0.2) is 72.9 Å². The summed E-state index contributed by atoms with van der Waals surface area (Å²) in [6.07, 6.45) is 5.13. The molecule has 1 amide bonds. The number of rotatable bonds is 13. The molecule has 1 saturated heterocycles. The number of hydrazine groups is 1. The fraction of sp³-hybridized carbons (Fsp3) is 0.941. The number of hydrogen-bond acceptors (Lipinski definition) is 6. The number of carbonyl (C=O) groups is 1. The first-order chi connectivity index (χ1) is 11.7. The zero-order chi connectivity index (χ0) is 17.6. The van der Waals surface area contributed by atoms with Crippen molar-refractivity contribution in [3.05, 3.63) is 0 Å². The van der Waals surface area contributed by atoms with Crippen molar-refractivity contribution >= 4 is 17.7 Å². The van der Waals surface area contributed by atoms with Gasteiger partial charge in [0.05, 0.1) is 19.4 Å². The van der Waals surface area contributed by atoms with Crippen LogP contribution in [0.5, 0.6) is 0 Å². The highest BCUT2D eigenvalue weighted by Crippen LogP contribution is 2.08. The van der Waals surface area contributed by atoms with E-state index in [1.165, 1.54) is 6.42 Å². The third kappa shape index (κ3) is 9.22. The van der Waals surface area contributed by atoms with Crippen molar-refractivity contribution in [2.24, 2.45) is 5.73 Å². The first-order valence-corrected chi connectivity index (χ1v) is 10.5. The van der Waals surface area contributed by atoms with Gasteiger partial charge in [-0.05, 0) is 12.8 Å². The number of ether oxygens (including phenoxy) is 1. The Kier molecular flexibility index (Phi) is 12.6. The van der Waals surface area contributed by atoms with Crippen molar-refractivity contribution in [1.29, 1.82) is 0 Å². The monoisotopic (exact) mass is 360 g/mol. The standard InChI is InChI=1S/C17H36N4O2S/c1-3-5-8-19-21(16(18)6-4-2)11-15-24-14-7-17(22)20-9-12-23-13-10-20/h16,19H,3-15,18H2,1-2H3. The molecule has 0 bridgehead atoms. The number of amides is 1. The maximum Gasteiger partial charge on any atom is 0.223 e. The molecule has 0 radical (unpaired) electrons. The Hall–Kier alpha value is -0.340. The van der Waals surface area contributed by atoms with E-state index in [0.717, 1.165) is 56.9 Å². The van der Waals surface area contributed by atoms with E-state index in [9.17, 15) is 4.79 Å². The number of carbonyl (C=O) groups excluding carboxylic acids is 1. The highest BCUT2D eigenvalue weighted by Gasteiger charge is 2.16. The van der Waals surface area contributed by atoms with Crippen LogP contribution in [0.2, 0.25) is 0 Å². The molecule has 142 valence electrons. The summed E-state index contributed by atoms with van der Waals surface area (Å²) in [5, 5.41) is 2.18. The SMILES string of the molecule is CCCCNN(CCSCCC(=O)N1CCOCC1)C(N)CCC.